The lowest BCUT2D eigenvalue weighted by Crippen LogP contribution is -2.51. The first-order chi connectivity index (χ1) is 10.8. The Labute approximate surface area is 134 Å². The first kappa shape index (κ1) is 15.8. The van der Waals surface area contributed by atoms with Crippen molar-refractivity contribution in [1.82, 2.24) is 9.88 Å². The number of rotatable bonds is 4. The van der Waals surface area contributed by atoms with Gasteiger partial charge in [0.25, 0.3) is 0 Å². The van der Waals surface area contributed by atoms with Gasteiger partial charge in [0, 0.05) is 37.9 Å². The minimum atomic E-state index is 0.552. The van der Waals surface area contributed by atoms with E-state index in [0.717, 1.165) is 45.8 Å². The lowest BCUT2D eigenvalue weighted by molar-refractivity contribution is 0.0137. The first-order valence-electron chi connectivity index (χ1n) is 8.80. The molecule has 0 bridgehead atoms. The van der Waals surface area contributed by atoms with Crippen molar-refractivity contribution in [3.63, 3.8) is 0 Å². The Morgan fingerprint density at radius 2 is 2.09 bits per heavy atom. The van der Waals surface area contributed by atoms with Crippen LogP contribution in [-0.2, 0) is 4.74 Å². The van der Waals surface area contributed by atoms with Crippen LogP contribution in [0.5, 0.6) is 0 Å². The third-order valence-electron chi connectivity index (χ3n) is 5.21. The zero-order chi connectivity index (χ0) is 15.4. The smallest absolute Gasteiger partial charge is 0.0594 e. The maximum absolute atomic E-state index is 5.48. The van der Waals surface area contributed by atoms with Gasteiger partial charge in [-0.25, -0.2) is 0 Å². The fourth-order valence-corrected chi connectivity index (χ4v) is 3.52. The molecule has 0 radical (unpaired) electrons. The molecule has 2 fully saturated rings. The number of pyridine rings is 1. The SMILES string of the molecule is CCC(C)c1ccc(N2CCC[C@H](N3CCOCC3)C2)cn1. The molecule has 2 atom stereocenters. The molecule has 0 amide bonds. The van der Waals surface area contributed by atoms with E-state index < -0.39 is 0 Å². The summed E-state index contributed by atoms with van der Waals surface area (Å²) in [6.07, 6.45) is 5.81. The summed E-state index contributed by atoms with van der Waals surface area (Å²) < 4.78 is 5.48. The molecule has 3 rings (SSSR count). The number of piperidine rings is 1. The van der Waals surface area contributed by atoms with E-state index in [4.69, 9.17) is 4.74 Å². The van der Waals surface area contributed by atoms with Gasteiger partial charge in [0.05, 0.1) is 25.1 Å². The Hall–Kier alpha value is -1.13. The minimum Gasteiger partial charge on any atom is -0.379 e. The molecule has 22 heavy (non-hydrogen) atoms. The number of anilines is 1. The monoisotopic (exact) mass is 303 g/mol. The summed E-state index contributed by atoms with van der Waals surface area (Å²) in [5, 5.41) is 0. The lowest BCUT2D eigenvalue weighted by Gasteiger charge is -2.41. The van der Waals surface area contributed by atoms with Crippen molar-refractivity contribution in [1.29, 1.82) is 0 Å². The third-order valence-corrected chi connectivity index (χ3v) is 5.21. The fraction of sp³-hybridized carbons (Fsp3) is 0.722. The van der Waals surface area contributed by atoms with Gasteiger partial charge in [-0.2, -0.15) is 0 Å². The van der Waals surface area contributed by atoms with Gasteiger partial charge in [-0.15, -0.1) is 0 Å². The standard InChI is InChI=1S/C18H29N3O/c1-3-15(2)18-7-6-16(13-19-18)21-8-4-5-17(14-21)20-9-11-22-12-10-20/h6-7,13,15,17H,3-5,8-12,14H2,1-2H3/t15?,17-/m0/s1. The molecule has 0 N–H and O–H groups in total. The predicted molar refractivity (Wildman–Crippen MR) is 90.6 cm³/mol. The summed E-state index contributed by atoms with van der Waals surface area (Å²) in [7, 11) is 0. The van der Waals surface area contributed by atoms with Crippen molar-refractivity contribution in [2.24, 2.45) is 0 Å². The summed E-state index contributed by atoms with van der Waals surface area (Å²) in [5.74, 6) is 0.552. The molecular weight excluding hydrogens is 274 g/mol. The van der Waals surface area contributed by atoms with Gasteiger partial charge >= 0.3 is 0 Å². The molecule has 4 nitrogen and oxygen atoms in total. The van der Waals surface area contributed by atoms with Crippen molar-refractivity contribution in [3.05, 3.63) is 24.0 Å². The van der Waals surface area contributed by atoms with Gasteiger partial charge < -0.3 is 9.64 Å². The van der Waals surface area contributed by atoms with Crippen LogP contribution >= 0.6 is 0 Å². The molecule has 1 aromatic heterocycles. The van der Waals surface area contributed by atoms with Crippen molar-refractivity contribution in [2.75, 3.05) is 44.3 Å². The van der Waals surface area contributed by atoms with Crippen LogP contribution in [0.3, 0.4) is 0 Å². The van der Waals surface area contributed by atoms with Crippen LogP contribution in [0.2, 0.25) is 0 Å². The van der Waals surface area contributed by atoms with Gasteiger partial charge in [-0.1, -0.05) is 13.8 Å². The van der Waals surface area contributed by atoms with Gasteiger partial charge in [0.2, 0.25) is 0 Å². The van der Waals surface area contributed by atoms with E-state index >= 15 is 0 Å². The molecule has 2 aliphatic rings. The van der Waals surface area contributed by atoms with E-state index in [0.29, 0.717) is 12.0 Å². The number of hydrogen-bond donors (Lipinski definition) is 0. The Bertz CT molecular complexity index is 456. The average Bonchev–Trinajstić information content (AvgIpc) is 2.62. The zero-order valence-electron chi connectivity index (χ0n) is 14.0. The zero-order valence-corrected chi connectivity index (χ0v) is 14.0. The molecule has 0 saturated carbocycles. The molecule has 1 aromatic rings. The lowest BCUT2D eigenvalue weighted by atomic mass is 10.0. The molecule has 3 heterocycles. The highest BCUT2D eigenvalue weighted by molar-refractivity contribution is 5.45. The van der Waals surface area contributed by atoms with Crippen molar-refractivity contribution >= 4 is 5.69 Å². The highest BCUT2D eigenvalue weighted by Crippen LogP contribution is 2.24. The summed E-state index contributed by atoms with van der Waals surface area (Å²) >= 11 is 0. The van der Waals surface area contributed by atoms with Gasteiger partial charge in [-0.05, 0) is 37.3 Å². The van der Waals surface area contributed by atoms with Crippen LogP contribution in [0.25, 0.3) is 0 Å². The summed E-state index contributed by atoms with van der Waals surface area (Å²) in [4.78, 5) is 9.81. The number of hydrogen-bond acceptors (Lipinski definition) is 4. The maximum Gasteiger partial charge on any atom is 0.0594 e. The van der Waals surface area contributed by atoms with E-state index in [2.05, 4.69) is 47.0 Å². The molecule has 122 valence electrons. The molecule has 4 heteroatoms. The minimum absolute atomic E-state index is 0.552. The molecule has 0 aromatic carbocycles. The molecule has 0 aliphatic carbocycles. The second kappa shape index (κ2) is 7.42. The van der Waals surface area contributed by atoms with E-state index in [9.17, 15) is 0 Å². The Balaban J connectivity index is 1.63. The van der Waals surface area contributed by atoms with E-state index in [-0.39, 0.29) is 0 Å². The number of morpholine rings is 1. The van der Waals surface area contributed by atoms with E-state index in [1.165, 1.54) is 24.2 Å². The van der Waals surface area contributed by atoms with Crippen molar-refractivity contribution in [2.45, 2.75) is 45.1 Å². The van der Waals surface area contributed by atoms with Crippen LogP contribution in [-0.4, -0.2) is 55.3 Å². The van der Waals surface area contributed by atoms with Crippen LogP contribution in [0, 0.1) is 0 Å². The maximum atomic E-state index is 5.48. The van der Waals surface area contributed by atoms with Gasteiger partial charge in [0.15, 0.2) is 0 Å². The molecule has 2 aliphatic heterocycles. The predicted octanol–water partition coefficient (Wildman–Crippen LogP) is 2.90. The Kier molecular flexibility index (Phi) is 5.32. The van der Waals surface area contributed by atoms with Crippen LogP contribution in [0.4, 0.5) is 5.69 Å². The normalized spacial score (nSPS) is 25.2. The van der Waals surface area contributed by atoms with Crippen molar-refractivity contribution in [3.8, 4) is 0 Å². The Morgan fingerprint density at radius 1 is 1.27 bits per heavy atom. The molecule has 1 unspecified atom stereocenters. The van der Waals surface area contributed by atoms with Crippen LogP contribution in [0.15, 0.2) is 18.3 Å². The van der Waals surface area contributed by atoms with Crippen LogP contribution in [0.1, 0.15) is 44.7 Å². The highest BCUT2D eigenvalue weighted by atomic mass is 16.5. The van der Waals surface area contributed by atoms with Gasteiger partial charge in [-0.3, -0.25) is 9.88 Å². The fourth-order valence-electron chi connectivity index (χ4n) is 3.52. The second-order valence-electron chi connectivity index (χ2n) is 6.64. The largest absolute Gasteiger partial charge is 0.379 e. The summed E-state index contributed by atoms with van der Waals surface area (Å²) in [6.45, 7) is 10.7. The summed E-state index contributed by atoms with van der Waals surface area (Å²) in [6, 6.07) is 5.14. The van der Waals surface area contributed by atoms with E-state index in [1.807, 2.05) is 0 Å². The average molecular weight is 303 g/mol. The number of nitrogens with zero attached hydrogens (tertiary/aromatic N) is 3. The van der Waals surface area contributed by atoms with Gasteiger partial charge in [0.1, 0.15) is 0 Å². The molecule has 0 spiro atoms. The van der Waals surface area contributed by atoms with Crippen molar-refractivity contribution < 1.29 is 4.74 Å². The first-order valence-corrected chi connectivity index (χ1v) is 8.80. The number of aromatic nitrogens is 1. The topological polar surface area (TPSA) is 28.6 Å². The summed E-state index contributed by atoms with van der Waals surface area (Å²) in [5.41, 5.74) is 2.50. The molecule has 2 saturated heterocycles. The number of ether oxygens (including phenoxy) is 1. The second-order valence-corrected chi connectivity index (χ2v) is 6.64. The Morgan fingerprint density at radius 3 is 2.77 bits per heavy atom. The highest BCUT2D eigenvalue weighted by Gasteiger charge is 2.26. The van der Waals surface area contributed by atoms with Crippen LogP contribution < -0.4 is 4.90 Å². The third kappa shape index (κ3) is 3.61. The van der Waals surface area contributed by atoms with E-state index in [1.54, 1.807) is 0 Å². The quantitative estimate of drug-likeness (QED) is 0.855. The molecular formula is C18H29N3O.